The molecule has 0 bridgehead atoms. The summed E-state index contributed by atoms with van der Waals surface area (Å²) < 4.78 is 0. The minimum Gasteiger partial charge on any atom is -0.353 e. The van der Waals surface area contributed by atoms with Gasteiger partial charge in [-0.3, -0.25) is 14.6 Å². The first kappa shape index (κ1) is 16.7. The molecule has 0 aliphatic carbocycles. The highest BCUT2D eigenvalue weighted by Crippen LogP contribution is 2.15. The number of nitrogens with zero attached hydrogens (tertiary/aromatic N) is 2. The van der Waals surface area contributed by atoms with Crippen LogP contribution in [0.4, 0.5) is 0 Å². The Morgan fingerprint density at radius 2 is 2.00 bits per heavy atom. The summed E-state index contributed by atoms with van der Waals surface area (Å²) in [4.78, 5) is 16.8. The lowest BCUT2D eigenvalue weighted by atomic mass is 10.1. The zero-order valence-corrected chi connectivity index (χ0v) is 13.7. The molecule has 1 amide bonds. The smallest absolute Gasteiger partial charge is 0.234 e. The van der Waals surface area contributed by atoms with E-state index in [1.165, 1.54) is 19.3 Å². The Morgan fingerprint density at radius 1 is 1.29 bits per heavy atom. The molecule has 2 saturated heterocycles. The van der Waals surface area contributed by atoms with Gasteiger partial charge in [-0.15, -0.1) is 0 Å². The van der Waals surface area contributed by atoms with Crippen molar-refractivity contribution in [2.45, 2.75) is 51.6 Å². The number of unbranched alkanes of at least 4 members (excludes halogenated alkanes) is 2. The maximum absolute atomic E-state index is 12.0. The standard InChI is InChI=1S/C16H32N4O/c1-3-4-5-6-14(2)18-16(21)13-19-11-15(12-19)20-9-7-17-8-10-20/h14-15,17H,3-13H2,1-2H3,(H,18,21). The summed E-state index contributed by atoms with van der Waals surface area (Å²) in [6, 6.07) is 0.983. The normalized spacial score (nSPS) is 22.8. The van der Waals surface area contributed by atoms with Crippen LogP contribution in [0, 0.1) is 0 Å². The van der Waals surface area contributed by atoms with E-state index in [0.717, 1.165) is 45.7 Å². The van der Waals surface area contributed by atoms with Gasteiger partial charge in [0.25, 0.3) is 0 Å². The van der Waals surface area contributed by atoms with Crippen molar-refractivity contribution in [3.63, 3.8) is 0 Å². The van der Waals surface area contributed by atoms with E-state index in [1.807, 2.05) is 0 Å². The van der Waals surface area contributed by atoms with Crippen molar-refractivity contribution in [2.24, 2.45) is 0 Å². The molecule has 2 fully saturated rings. The molecule has 0 radical (unpaired) electrons. The van der Waals surface area contributed by atoms with E-state index in [1.54, 1.807) is 0 Å². The van der Waals surface area contributed by atoms with Gasteiger partial charge in [0.05, 0.1) is 6.54 Å². The molecule has 0 aromatic carbocycles. The molecule has 2 aliphatic rings. The van der Waals surface area contributed by atoms with E-state index in [2.05, 4.69) is 34.3 Å². The van der Waals surface area contributed by atoms with Crippen molar-refractivity contribution in [1.82, 2.24) is 20.4 Å². The van der Waals surface area contributed by atoms with Crippen molar-refractivity contribution in [1.29, 1.82) is 0 Å². The third-order valence-electron chi connectivity index (χ3n) is 4.62. The molecule has 0 aromatic heterocycles. The van der Waals surface area contributed by atoms with E-state index in [-0.39, 0.29) is 5.91 Å². The van der Waals surface area contributed by atoms with Crippen molar-refractivity contribution < 1.29 is 4.79 Å². The highest BCUT2D eigenvalue weighted by atomic mass is 16.2. The second kappa shape index (κ2) is 8.71. The number of piperazine rings is 1. The third kappa shape index (κ3) is 5.57. The van der Waals surface area contributed by atoms with Crippen LogP contribution in [0.3, 0.4) is 0 Å². The number of hydrogen-bond donors (Lipinski definition) is 2. The zero-order chi connectivity index (χ0) is 15.1. The summed E-state index contributed by atoms with van der Waals surface area (Å²) in [5.41, 5.74) is 0. The van der Waals surface area contributed by atoms with Crippen molar-refractivity contribution in [2.75, 3.05) is 45.8 Å². The molecule has 21 heavy (non-hydrogen) atoms. The van der Waals surface area contributed by atoms with E-state index in [9.17, 15) is 4.79 Å². The van der Waals surface area contributed by atoms with Crippen LogP contribution in [0.15, 0.2) is 0 Å². The van der Waals surface area contributed by atoms with E-state index in [0.29, 0.717) is 18.6 Å². The maximum atomic E-state index is 12.0. The molecule has 5 heteroatoms. The molecule has 5 nitrogen and oxygen atoms in total. The van der Waals surface area contributed by atoms with Crippen LogP contribution in [-0.4, -0.2) is 73.6 Å². The van der Waals surface area contributed by atoms with Gasteiger partial charge in [0.15, 0.2) is 0 Å². The predicted molar refractivity (Wildman–Crippen MR) is 86.4 cm³/mol. The second-order valence-electron chi connectivity index (χ2n) is 6.60. The molecular weight excluding hydrogens is 264 g/mol. The lowest BCUT2D eigenvalue weighted by Crippen LogP contribution is -2.63. The molecule has 0 spiro atoms. The van der Waals surface area contributed by atoms with Gasteiger partial charge in [0.2, 0.25) is 5.91 Å². The van der Waals surface area contributed by atoms with E-state index in [4.69, 9.17) is 0 Å². The van der Waals surface area contributed by atoms with Gasteiger partial charge in [-0.1, -0.05) is 26.2 Å². The molecule has 1 atom stereocenters. The lowest BCUT2D eigenvalue weighted by molar-refractivity contribution is -0.124. The van der Waals surface area contributed by atoms with Crippen LogP contribution in [0.5, 0.6) is 0 Å². The monoisotopic (exact) mass is 296 g/mol. The Hall–Kier alpha value is -0.650. The topological polar surface area (TPSA) is 47.6 Å². The van der Waals surface area contributed by atoms with Crippen LogP contribution in [-0.2, 0) is 4.79 Å². The zero-order valence-electron chi connectivity index (χ0n) is 13.7. The number of carbonyl (C=O) groups excluding carboxylic acids is 1. The van der Waals surface area contributed by atoms with E-state index >= 15 is 0 Å². The SMILES string of the molecule is CCCCCC(C)NC(=O)CN1CC(N2CCNCC2)C1. The van der Waals surface area contributed by atoms with Gasteiger partial charge in [0, 0.05) is 51.4 Å². The van der Waals surface area contributed by atoms with Gasteiger partial charge < -0.3 is 10.6 Å². The molecule has 2 heterocycles. The van der Waals surface area contributed by atoms with Crippen molar-refractivity contribution in [3.05, 3.63) is 0 Å². The molecule has 2 aliphatic heterocycles. The van der Waals surface area contributed by atoms with E-state index < -0.39 is 0 Å². The van der Waals surface area contributed by atoms with Crippen LogP contribution in [0.2, 0.25) is 0 Å². The molecular formula is C16H32N4O. The summed E-state index contributed by atoms with van der Waals surface area (Å²) in [5, 5.41) is 6.51. The van der Waals surface area contributed by atoms with Crippen LogP contribution in [0.1, 0.15) is 39.5 Å². The summed E-state index contributed by atoms with van der Waals surface area (Å²) in [6.45, 7) is 11.5. The summed E-state index contributed by atoms with van der Waals surface area (Å²) >= 11 is 0. The van der Waals surface area contributed by atoms with Gasteiger partial charge in [-0.05, 0) is 13.3 Å². The average molecular weight is 296 g/mol. The number of amides is 1. The number of nitrogens with one attached hydrogen (secondary N) is 2. The highest BCUT2D eigenvalue weighted by molar-refractivity contribution is 5.78. The number of likely N-dealkylation sites (tertiary alicyclic amines) is 1. The molecule has 1 unspecified atom stereocenters. The fourth-order valence-corrected chi connectivity index (χ4v) is 3.25. The predicted octanol–water partition coefficient (Wildman–Crippen LogP) is 0.661. The first-order chi connectivity index (χ1) is 10.2. The maximum Gasteiger partial charge on any atom is 0.234 e. The fourth-order valence-electron chi connectivity index (χ4n) is 3.25. The van der Waals surface area contributed by atoms with Crippen molar-refractivity contribution in [3.8, 4) is 0 Å². The summed E-state index contributed by atoms with van der Waals surface area (Å²) in [6.07, 6.45) is 4.82. The quantitative estimate of drug-likeness (QED) is 0.646. The summed E-state index contributed by atoms with van der Waals surface area (Å²) in [7, 11) is 0. The minimum absolute atomic E-state index is 0.192. The molecule has 0 saturated carbocycles. The molecule has 0 aromatic rings. The average Bonchev–Trinajstić information content (AvgIpc) is 2.43. The Balaban J connectivity index is 1.55. The Kier molecular flexibility index (Phi) is 6.93. The number of hydrogen-bond acceptors (Lipinski definition) is 4. The van der Waals surface area contributed by atoms with Gasteiger partial charge in [-0.2, -0.15) is 0 Å². The number of rotatable bonds is 8. The number of carbonyl (C=O) groups is 1. The Labute approximate surface area is 129 Å². The third-order valence-corrected chi connectivity index (χ3v) is 4.62. The lowest BCUT2D eigenvalue weighted by Gasteiger charge is -2.46. The summed E-state index contributed by atoms with van der Waals surface area (Å²) in [5.74, 6) is 0.192. The first-order valence-corrected chi connectivity index (χ1v) is 8.65. The van der Waals surface area contributed by atoms with Gasteiger partial charge >= 0.3 is 0 Å². The van der Waals surface area contributed by atoms with Crippen LogP contribution in [0.25, 0.3) is 0 Å². The first-order valence-electron chi connectivity index (χ1n) is 8.65. The van der Waals surface area contributed by atoms with Gasteiger partial charge in [0.1, 0.15) is 0 Å². The molecule has 122 valence electrons. The highest BCUT2D eigenvalue weighted by Gasteiger charge is 2.33. The van der Waals surface area contributed by atoms with Gasteiger partial charge in [-0.25, -0.2) is 0 Å². The largest absolute Gasteiger partial charge is 0.353 e. The second-order valence-corrected chi connectivity index (χ2v) is 6.60. The Bertz CT molecular complexity index is 311. The minimum atomic E-state index is 0.192. The Morgan fingerprint density at radius 3 is 2.67 bits per heavy atom. The molecule has 2 rings (SSSR count). The fraction of sp³-hybridized carbons (Fsp3) is 0.938. The van der Waals surface area contributed by atoms with Crippen LogP contribution < -0.4 is 10.6 Å². The van der Waals surface area contributed by atoms with Crippen LogP contribution >= 0.6 is 0 Å². The van der Waals surface area contributed by atoms with Crippen molar-refractivity contribution >= 4 is 5.91 Å². The molecule has 2 N–H and O–H groups in total.